The average molecular weight is 416 g/mol. The van der Waals surface area contributed by atoms with Gasteiger partial charge in [0.25, 0.3) is 0 Å². The zero-order valence-corrected chi connectivity index (χ0v) is 15.9. The van der Waals surface area contributed by atoms with Crippen molar-refractivity contribution in [3.8, 4) is 0 Å². The van der Waals surface area contributed by atoms with Gasteiger partial charge in [-0.15, -0.1) is 0 Å². The lowest BCUT2D eigenvalue weighted by molar-refractivity contribution is 0.687. The number of aromatic nitrogens is 2. The topological polar surface area (TPSA) is 17.8 Å². The molecule has 0 amide bonds. The summed E-state index contributed by atoms with van der Waals surface area (Å²) >= 11 is 2.34. The molecule has 0 radical (unpaired) electrons. The molecule has 0 unspecified atom stereocenters. The van der Waals surface area contributed by atoms with Crippen LogP contribution in [0.25, 0.3) is 0 Å². The predicted molar refractivity (Wildman–Crippen MR) is 104 cm³/mol. The van der Waals surface area contributed by atoms with Crippen LogP contribution in [0.4, 0.5) is 0 Å². The Bertz CT molecular complexity index is 803. The predicted octanol–water partition coefficient (Wildman–Crippen LogP) is 5.30. The maximum absolute atomic E-state index is 4.64. The summed E-state index contributed by atoms with van der Waals surface area (Å²) in [6, 6.07) is 15.2. The van der Waals surface area contributed by atoms with Gasteiger partial charge in [0.05, 0.1) is 0 Å². The van der Waals surface area contributed by atoms with E-state index in [-0.39, 0.29) is 5.92 Å². The normalized spacial score (nSPS) is 12.3. The summed E-state index contributed by atoms with van der Waals surface area (Å²) in [5, 5.41) is 0. The van der Waals surface area contributed by atoms with Crippen molar-refractivity contribution in [2.75, 3.05) is 0 Å². The van der Waals surface area contributed by atoms with E-state index < -0.39 is 0 Å². The van der Waals surface area contributed by atoms with E-state index in [0.717, 1.165) is 12.4 Å². The third kappa shape index (κ3) is 3.50. The number of hydrogen-bond acceptors (Lipinski definition) is 1. The Morgan fingerprint density at radius 2 is 1.83 bits per heavy atom. The van der Waals surface area contributed by atoms with E-state index in [1.165, 1.54) is 25.8 Å². The third-order valence-electron chi connectivity index (χ3n) is 4.51. The lowest BCUT2D eigenvalue weighted by Gasteiger charge is -2.18. The van der Waals surface area contributed by atoms with Crippen LogP contribution in [0.15, 0.2) is 54.9 Å². The zero-order chi connectivity index (χ0) is 16.4. The molecule has 0 saturated carbocycles. The second-order valence-electron chi connectivity index (χ2n) is 6.05. The highest BCUT2D eigenvalue weighted by Crippen LogP contribution is 2.27. The Labute approximate surface area is 151 Å². The molecule has 2 aromatic carbocycles. The van der Waals surface area contributed by atoms with Crippen LogP contribution in [0.5, 0.6) is 0 Å². The summed E-state index contributed by atoms with van der Waals surface area (Å²) in [5.74, 6) is 1.41. The first-order chi connectivity index (χ1) is 11.1. The van der Waals surface area contributed by atoms with Gasteiger partial charge in [0.1, 0.15) is 5.82 Å². The molecule has 3 rings (SSSR count). The van der Waals surface area contributed by atoms with Crippen molar-refractivity contribution in [2.45, 2.75) is 33.2 Å². The van der Waals surface area contributed by atoms with E-state index in [2.05, 4.69) is 102 Å². The molecule has 0 aliphatic heterocycles. The molecule has 1 aromatic heterocycles. The first-order valence-electron chi connectivity index (χ1n) is 7.88. The van der Waals surface area contributed by atoms with Gasteiger partial charge in [-0.05, 0) is 70.8 Å². The average Bonchev–Trinajstić information content (AvgIpc) is 3.00. The van der Waals surface area contributed by atoms with Gasteiger partial charge in [0.15, 0.2) is 0 Å². The molecule has 2 nitrogen and oxygen atoms in total. The van der Waals surface area contributed by atoms with Crippen molar-refractivity contribution in [3.63, 3.8) is 0 Å². The molecule has 0 saturated heterocycles. The summed E-state index contributed by atoms with van der Waals surface area (Å²) in [4.78, 5) is 4.64. The van der Waals surface area contributed by atoms with E-state index in [1.807, 2.05) is 6.20 Å². The maximum atomic E-state index is 4.64. The molecule has 3 aromatic rings. The summed E-state index contributed by atoms with van der Waals surface area (Å²) < 4.78 is 3.52. The third-order valence-corrected chi connectivity index (χ3v) is 5.23. The van der Waals surface area contributed by atoms with E-state index in [9.17, 15) is 0 Å². The minimum atomic E-state index is 0.286. The molecule has 1 atom stereocenters. The highest BCUT2D eigenvalue weighted by Gasteiger charge is 2.16. The molecule has 3 heteroatoms. The lowest BCUT2D eigenvalue weighted by atomic mass is 9.93. The first-order valence-corrected chi connectivity index (χ1v) is 8.95. The molecule has 0 fully saturated rings. The Balaban J connectivity index is 1.91. The molecular weight excluding hydrogens is 395 g/mol. The van der Waals surface area contributed by atoms with Crippen molar-refractivity contribution in [3.05, 3.63) is 86.5 Å². The lowest BCUT2D eigenvalue weighted by Crippen LogP contribution is -2.10. The number of imidazole rings is 1. The van der Waals surface area contributed by atoms with E-state index in [1.54, 1.807) is 0 Å². The standard InChI is InChI=1S/C20H21IN2/c1-14-5-4-6-19(15(14)2)16(3)20-22-11-12-23(20)13-17-7-9-18(21)10-8-17/h4-12,16H,13H2,1-3H3/t16-/m0/s1. The molecule has 0 N–H and O–H groups in total. The Morgan fingerprint density at radius 3 is 2.57 bits per heavy atom. The van der Waals surface area contributed by atoms with Crippen LogP contribution in [0, 0.1) is 17.4 Å². The highest BCUT2D eigenvalue weighted by molar-refractivity contribution is 14.1. The number of benzene rings is 2. The molecule has 0 spiro atoms. The number of halogens is 1. The fourth-order valence-electron chi connectivity index (χ4n) is 3.00. The molecule has 0 aliphatic carbocycles. The van der Waals surface area contributed by atoms with Gasteiger partial charge >= 0.3 is 0 Å². The Morgan fingerprint density at radius 1 is 1.09 bits per heavy atom. The summed E-state index contributed by atoms with van der Waals surface area (Å²) in [5.41, 5.74) is 5.37. The minimum Gasteiger partial charge on any atom is -0.330 e. The largest absolute Gasteiger partial charge is 0.330 e. The highest BCUT2D eigenvalue weighted by atomic mass is 127. The van der Waals surface area contributed by atoms with Crippen LogP contribution in [-0.2, 0) is 6.54 Å². The Kier molecular flexibility index (Phi) is 4.85. The smallest absolute Gasteiger partial charge is 0.116 e. The molecule has 23 heavy (non-hydrogen) atoms. The van der Waals surface area contributed by atoms with Crippen molar-refractivity contribution in [2.24, 2.45) is 0 Å². The fourth-order valence-corrected chi connectivity index (χ4v) is 3.36. The van der Waals surface area contributed by atoms with Crippen molar-refractivity contribution in [1.29, 1.82) is 0 Å². The van der Waals surface area contributed by atoms with E-state index >= 15 is 0 Å². The van der Waals surface area contributed by atoms with Gasteiger partial charge in [-0.1, -0.05) is 37.3 Å². The minimum absolute atomic E-state index is 0.286. The van der Waals surface area contributed by atoms with Gasteiger partial charge in [0.2, 0.25) is 0 Å². The summed E-state index contributed by atoms with van der Waals surface area (Å²) in [7, 11) is 0. The molecule has 0 bridgehead atoms. The second kappa shape index (κ2) is 6.87. The maximum Gasteiger partial charge on any atom is 0.116 e. The van der Waals surface area contributed by atoms with Gasteiger partial charge in [-0.3, -0.25) is 0 Å². The molecule has 0 aliphatic rings. The van der Waals surface area contributed by atoms with Gasteiger partial charge in [0, 0.05) is 28.4 Å². The Hall–Kier alpha value is -1.62. The van der Waals surface area contributed by atoms with Crippen molar-refractivity contribution >= 4 is 22.6 Å². The molecule has 1 heterocycles. The SMILES string of the molecule is Cc1cccc([C@H](C)c2nccn2Cc2ccc(I)cc2)c1C. The van der Waals surface area contributed by atoms with Crippen LogP contribution in [0.2, 0.25) is 0 Å². The summed E-state index contributed by atoms with van der Waals surface area (Å²) in [6.45, 7) is 7.48. The number of hydrogen-bond donors (Lipinski definition) is 0. The summed E-state index contributed by atoms with van der Waals surface area (Å²) in [6.07, 6.45) is 3.98. The van der Waals surface area contributed by atoms with Crippen molar-refractivity contribution in [1.82, 2.24) is 9.55 Å². The number of aryl methyl sites for hydroxylation is 1. The monoisotopic (exact) mass is 416 g/mol. The molecular formula is C20H21IN2. The number of rotatable bonds is 4. The second-order valence-corrected chi connectivity index (χ2v) is 7.30. The van der Waals surface area contributed by atoms with Crippen molar-refractivity contribution < 1.29 is 0 Å². The van der Waals surface area contributed by atoms with Crippen LogP contribution >= 0.6 is 22.6 Å². The van der Waals surface area contributed by atoms with Crippen LogP contribution < -0.4 is 0 Å². The zero-order valence-electron chi connectivity index (χ0n) is 13.8. The molecule has 118 valence electrons. The van der Waals surface area contributed by atoms with Crippen LogP contribution in [-0.4, -0.2) is 9.55 Å². The number of nitrogens with zero attached hydrogens (tertiary/aromatic N) is 2. The van der Waals surface area contributed by atoms with Gasteiger partial charge in [-0.25, -0.2) is 4.98 Å². The fraction of sp³-hybridized carbons (Fsp3) is 0.250. The first kappa shape index (κ1) is 16.2. The van der Waals surface area contributed by atoms with Gasteiger partial charge < -0.3 is 4.57 Å². The van der Waals surface area contributed by atoms with Gasteiger partial charge in [-0.2, -0.15) is 0 Å². The van der Waals surface area contributed by atoms with E-state index in [4.69, 9.17) is 0 Å². The van der Waals surface area contributed by atoms with E-state index in [0.29, 0.717) is 0 Å². The van der Waals surface area contributed by atoms with Crippen LogP contribution in [0.1, 0.15) is 40.9 Å². The van der Waals surface area contributed by atoms with Crippen LogP contribution in [0.3, 0.4) is 0 Å². The quantitative estimate of drug-likeness (QED) is 0.528.